The fourth-order valence-electron chi connectivity index (χ4n) is 2.40. The minimum Gasteiger partial charge on any atom is -0.491 e. The van der Waals surface area contributed by atoms with Gasteiger partial charge in [-0.05, 0) is 63.1 Å². The lowest BCUT2D eigenvalue weighted by atomic mass is 9.83. The molecule has 0 radical (unpaired) electrons. The van der Waals surface area contributed by atoms with E-state index >= 15 is 0 Å². The van der Waals surface area contributed by atoms with Crippen LogP contribution in [0, 0.1) is 5.82 Å². The first-order valence-electron chi connectivity index (χ1n) is 8.09. The molecule has 0 atom stereocenters. The predicted molar refractivity (Wildman–Crippen MR) is 93.5 cm³/mol. The summed E-state index contributed by atoms with van der Waals surface area (Å²) in [5.74, 6) is 0.371. The van der Waals surface area contributed by atoms with Crippen molar-refractivity contribution in [1.29, 1.82) is 0 Å². The van der Waals surface area contributed by atoms with Crippen molar-refractivity contribution in [2.24, 2.45) is 0 Å². The molecule has 0 aliphatic heterocycles. The van der Waals surface area contributed by atoms with E-state index in [9.17, 15) is 9.18 Å². The summed E-state index contributed by atoms with van der Waals surface area (Å²) < 4.78 is 18.7. The van der Waals surface area contributed by atoms with Crippen LogP contribution >= 0.6 is 0 Å². The van der Waals surface area contributed by atoms with E-state index in [-0.39, 0.29) is 17.8 Å². The molecule has 0 saturated heterocycles. The third-order valence-electron chi connectivity index (χ3n) is 3.86. The highest BCUT2D eigenvalue weighted by Crippen LogP contribution is 2.24. The van der Waals surface area contributed by atoms with Crippen molar-refractivity contribution in [3.8, 4) is 5.75 Å². The summed E-state index contributed by atoms with van der Waals surface area (Å²) in [6.07, 6.45) is 0.104. The average molecular weight is 329 g/mol. The van der Waals surface area contributed by atoms with Crippen LogP contribution in [0.15, 0.2) is 48.5 Å². The molecule has 4 heteroatoms. The van der Waals surface area contributed by atoms with Crippen molar-refractivity contribution >= 4 is 5.91 Å². The number of carbonyl (C=O) groups is 1. The molecule has 24 heavy (non-hydrogen) atoms. The van der Waals surface area contributed by atoms with Crippen molar-refractivity contribution in [2.75, 3.05) is 0 Å². The van der Waals surface area contributed by atoms with Crippen molar-refractivity contribution in [2.45, 2.75) is 45.8 Å². The van der Waals surface area contributed by atoms with Crippen LogP contribution in [-0.2, 0) is 16.8 Å². The van der Waals surface area contributed by atoms with Crippen molar-refractivity contribution in [3.05, 3.63) is 65.5 Å². The molecule has 3 nitrogen and oxygen atoms in total. The summed E-state index contributed by atoms with van der Waals surface area (Å²) >= 11 is 0. The highest BCUT2D eigenvalue weighted by atomic mass is 19.1. The number of benzene rings is 2. The summed E-state index contributed by atoms with van der Waals surface area (Å²) in [7, 11) is 0. The Morgan fingerprint density at radius 2 is 1.83 bits per heavy atom. The molecular weight excluding hydrogens is 305 g/mol. The first-order valence-corrected chi connectivity index (χ1v) is 8.09. The molecule has 0 bridgehead atoms. The number of hydrogen-bond donors (Lipinski definition) is 1. The van der Waals surface area contributed by atoms with Crippen LogP contribution in [-0.4, -0.2) is 12.0 Å². The molecular formula is C20H24FNO2. The molecule has 128 valence electrons. The van der Waals surface area contributed by atoms with E-state index in [2.05, 4.69) is 5.32 Å². The Morgan fingerprint density at radius 1 is 1.17 bits per heavy atom. The van der Waals surface area contributed by atoms with Crippen LogP contribution in [0.25, 0.3) is 0 Å². The molecule has 0 aliphatic rings. The van der Waals surface area contributed by atoms with Gasteiger partial charge in [-0.25, -0.2) is 4.39 Å². The van der Waals surface area contributed by atoms with Gasteiger partial charge in [-0.2, -0.15) is 0 Å². The molecule has 1 amide bonds. The second-order valence-electron chi connectivity index (χ2n) is 6.63. The molecule has 1 N–H and O–H groups in total. The summed E-state index contributed by atoms with van der Waals surface area (Å²) in [5.41, 5.74) is 1.01. The SMILES string of the molecule is CC(C)Oc1cccc(CNC(=O)C(C)(C)c2ccc(F)cc2)c1. The smallest absolute Gasteiger partial charge is 0.230 e. The van der Waals surface area contributed by atoms with E-state index in [1.807, 2.05) is 52.0 Å². The highest BCUT2D eigenvalue weighted by molar-refractivity contribution is 5.87. The predicted octanol–water partition coefficient (Wildman–Crippen LogP) is 4.21. The number of hydrogen-bond acceptors (Lipinski definition) is 2. The largest absolute Gasteiger partial charge is 0.491 e. The maximum absolute atomic E-state index is 13.1. The van der Waals surface area contributed by atoms with Crippen molar-refractivity contribution in [1.82, 2.24) is 5.32 Å². The Hall–Kier alpha value is -2.36. The van der Waals surface area contributed by atoms with Gasteiger partial charge in [0.05, 0.1) is 11.5 Å². The lowest BCUT2D eigenvalue weighted by Crippen LogP contribution is -2.39. The summed E-state index contributed by atoms with van der Waals surface area (Å²) in [5, 5.41) is 2.94. The molecule has 0 saturated carbocycles. The fraction of sp³-hybridized carbons (Fsp3) is 0.350. The number of amides is 1. The molecule has 0 unspecified atom stereocenters. The van der Waals surface area contributed by atoms with Crippen LogP contribution in [0.2, 0.25) is 0 Å². The minimum atomic E-state index is -0.736. The molecule has 2 rings (SSSR count). The molecule has 2 aromatic rings. The summed E-state index contributed by atoms with van der Waals surface area (Å²) in [6, 6.07) is 13.7. The molecule has 0 heterocycles. The van der Waals surface area contributed by atoms with Gasteiger partial charge in [0.15, 0.2) is 0 Å². The second kappa shape index (κ2) is 7.47. The molecule has 2 aromatic carbocycles. The fourth-order valence-corrected chi connectivity index (χ4v) is 2.40. The monoisotopic (exact) mass is 329 g/mol. The lowest BCUT2D eigenvalue weighted by molar-refractivity contribution is -0.125. The van der Waals surface area contributed by atoms with Gasteiger partial charge in [0.1, 0.15) is 11.6 Å². The van der Waals surface area contributed by atoms with Gasteiger partial charge in [-0.3, -0.25) is 4.79 Å². The summed E-state index contributed by atoms with van der Waals surface area (Å²) in [6.45, 7) is 8.01. The van der Waals surface area contributed by atoms with Crippen LogP contribution in [0.3, 0.4) is 0 Å². The minimum absolute atomic E-state index is 0.104. The zero-order valence-electron chi connectivity index (χ0n) is 14.6. The Morgan fingerprint density at radius 3 is 2.46 bits per heavy atom. The van der Waals surface area contributed by atoms with E-state index in [0.717, 1.165) is 16.9 Å². The molecule has 0 fully saturated rings. The number of carbonyl (C=O) groups excluding carboxylic acids is 1. The van der Waals surface area contributed by atoms with E-state index in [1.54, 1.807) is 12.1 Å². The van der Waals surface area contributed by atoms with E-state index in [1.165, 1.54) is 12.1 Å². The Labute approximate surface area is 142 Å². The average Bonchev–Trinajstić information content (AvgIpc) is 2.52. The van der Waals surface area contributed by atoms with Crippen LogP contribution in [0.5, 0.6) is 5.75 Å². The van der Waals surface area contributed by atoms with E-state index < -0.39 is 5.41 Å². The second-order valence-corrected chi connectivity index (χ2v) is 6.63. The maximum Gasteiger partial charge on any atom is 0.230 e. The Balaban J connectivity index is 2.03. The Kier molecular flexibility index (Phi) is 5.60. The number of halogens is 1. The zero-order valence-corrected chi connectivity index (χ0v) is 14.6. The first-order chi connectivity index (χ1) is 11.3. The van der Waals surface area contributed by atoms with Gasteiger partial charge in [-0.15, -0.1) is 0 Å². The van der Waals surface area contributed by atoms with Crippen LogP contribution < -0.4 is 10.1 Å². The molecule has 0 aromatic heterocycles. The zero-order chi connectivity index (χ0) is 17.7. The first kappa shape index (κ1) is 18.0. The maximum atomic E-state index is 13.1. The number of rotatable bonds is 6. The third-order valence-corrected chi connectivity index (χ3v) is 3.86. The van der Waals surface area contributed by atoms with Gasteiger partial charge in [0.25, 0.3) is 0 Å². The summed E-state index contributed by atoms with van der Waals surface area (Å²) in [4.78, 5) is 12.6. The number of ether oxygens (including phenoxy) is 1. The van der Waals surface area contributed by atoms with Gasteiger partial charge in [0, 0.05) is 6.54 Å². The molecule has 0 spiro atoms. The number of nitrogens with one attached hydrogen (secondary N) is 1. The van der Waals surface area contributed by atoms with E-state index in [0.29, 0.717) is 6.54 Å². The lowest BCUT2D eigenvalue weighted by Gasteiger charge is -2.24. The van der Waals surface area contributed by atoms with Crippen molar-refractivity contribution < 1.29 is 13.9 Å². The van der Waals surface area contributed by atoms with Gasteiger partial charge < -0.3 is 10.1 Å². The van der Waals surface area contributed by atoms with Crippen LogP contribution in [0.4, 0.5) is 4.39 Å². The standard InChI is InChI=1S/C20H24FNO2/c1-14(2)24-18-7-5-6-15(12-18)13-22-19(23)20(3,4)16-8-10-17(21)11-9-16/h5-12,14H,13H2,1-4H3,(H,22,23). The van der Waals surface area contributed by atoms with Gasteiger partial charge >= 0.3 is 0 Å². The van der Waals surface area contributed by atoms with Crippen molar-refractivity contribution in [3.63, 3.8) is 0 Å². The Bertz CT molecular complexity index is 693. The van der Waals surface area contributed by atoms with Gasteiger partial charge in [0.2, 0.25) is 5.91 Å². The third kappa shape index (κ3) is 4.57. The van der Waals surface area contributed by atoms with E-state index in [4.69, 9.17) is 4.74 Å². The van der Waals surface area contributed by atoms with Crippen LogP contribution in [0.1, 0.15) is 38.8 Å². The molecule has 0 aliphatic carbocycles. The topological polar surface area (TPSA) is 38.3 Å². The normalized spacial score (nSPS) is 11.4. The van der Waals surface area contributed by atoms with Gasteiger partial charge in [-0.1, -0.05) is 24.3 Å². The quantitative estimate of drug-likeness (QED) is 0.862. The highest BCUT2D eigenvalue weighted by Gasteiger charge is 2.29.